The Kier molecular flexibility index (Phi) is 5.01. The average Bonchev–Trinajstić information content (AvgIpc) is 2.75. The summed E-state index contributed by atoms with van der Waals surface area (Å²) in [5.41, 5.74) is 8.50. The Morgan fingerprint density at radius 1 is 1.50 bits per heavy atom. The van der Waals surface area contributed by atoms with Gasteiger partial charge in [-0.05, 0) is 31.4 Å². The second-order valence-corrected chi connectivity index (χ2v) is 5.56. The van der Waals surface area contributed by atoms with Crippen LogP contribution in [0.2, 0.25) is 0 Å². The van der Waals surface area contributed by atoms with Crippen molar-refractivity contribution in [3.63, 3.8) is 0 Å². The van der Waals surface area contributed by atoms with E-state index in [1.807, 2.05) is 6.92 Å². The van der Waals surface area contributed by atoms with Crippen molar-refractivity contribution in [2.24, 2.45) is 5.73 Å². The normalized spacial score (nSPS) is 18.8. The molecule has 0 saturated carbocycles. The number of nitrogens with zero attached hydrogens (tertiary/aromatic N) is 1. The molecule has 0 saturated heterocycles. The average molecular weight is 275 g/mol. The van der Waals surface area contributed by atoms with Gasteiger partial charge in [0.25, 0.3) is 0 Å². The van der Waals surface area contributed by atoms with Crippen LogP contribution in [0.1, 0.15) is 32.3 Å². The van der Waals surface area contributed by atoms with E-state index in [9.17, 15) is 4.79 Å². The molecule has 20 heavy (non-hydrogen) atoms. The van der Waals surface area contributed by atoms with Gasteiger partial charge in [0.15, 0.2) is 0 Å². The fourth-order valence-corrected chi connectivity index (χ4v) is 2.84. The molecule has 0 aliphatic carbocycles. The van der Waals surface area contributed by atoms with Crippen LogP contribution in [0.15, 0.2) is 24.3 Å². The molecule has 1 aromatic rings. The first-order chi connectivity index (χ1) is 9.63. The van der Waals surface area contributed by atoms with Crippen molar-refractivity contribution in [3.8, 4) is 0 Å². The van der Waals surface area contributed by atoms with E-state index < -0.39 is 0 Å². The molecule has 0 radical (unpaired) electrons. The van der Waals surface area contributed by atoms with Gasteiger partial charge in [-0.3, -0.25) is 4.79 Å². The number of fused-ring (bicyclic) bond motifs is 1. The molecule has 3 N–H and O–H groups in total. The summed E-state index contributed by atoms with van der Waals surface area (Å²) in [7, 11) is 0. The highest BCUT2D eigenvalue weighted by Gasteiger charge is 2.25. The van der Waals surface area contributed by atoms with Gasteiger partial charge >= 0.3 is 0 Å². The minimum absolute atomic E-state index is 0.0352. The summed E-state index contributed by atoms with van der Waals surface area (Å²) in [5.74, 6) is -0.0352. The summed E-state index contributed by atoms with van der Waals surface area (Å²) in [5, 5.41) is 2.94. The van der Waals surface area contributed by atoms with Crippen LogP contribution < -0.4 is 16.0 Å². The largest absolute Gasteiger partial charge is 0.367 e. The number of anilines is 1. The van der Waals surface area contributed by atoms with E-state index in [2.05, 4.69) is 41.4 Å². The first kappa shape index (κ1) is 14.9. The second kappa shape index (κ2) is 6.75. The highest BCUT2D eigenvalue weighted by Crippen LogP contribution is 2.31. The van der Waals surface area contributed by atoms with Crippen molar-refractivity contribution in [1.29, 1.82) is 0 Å². The number of carbonyl (C=O) groups excluding carboxylic acids is 1. The highest BCUT2D eigenvalue weighted by atomic mass is 16.2. The summed E-state index contributed by atoms with van der Waals surface area (Å²) in [6.45, 7) is 5.75. The Hall–Kier alpha value is -1.55. The molecule has 2 atom stereocenters. The number of hydrogen-bond acceptors (Lipinski definition) is 3. The summed E-state index contributed by atoms with van der Waals surface area (Å²) in [6, 6.07) is 8.61. The second-order valence-electron chi connectivity index (χ2n) is 5.56. The lowest BCUT2D eigenvalue weighted by molar-refractivity contribution is -0.122. The molecule has 2 rings (SSSR count). The zero-order valence-corrected chi connectivity index (χ0v) is 12.4. The number of para-hydroxylation sites is 1. The number of benzene rings is 1. The standard InChI is InChI=1S/C16H25N3O/c1-3-6-14(17)16(20)18-9-10-19-12(2)11-13-7-4-5-8-15(13)19/h4-5,7-8,12,14H,3,6,9-11,17H2,1-2H3,(H,18,20). The predicted octanol–water partition coefficient (Wildman–Crippen LogP) is 1.68. The first-order valence-electron chi connectivity index (χ1n) is 7.51. The molecule has 0 spiro atoms. The molecular formula is C16H25N3O. The van der Waals surface area contributed by atoms with Crippen LogP contribution in [0.4, 0.5) is 5.69 Å². The van der Waals surface area contributed by atoms with Crippen LogP contribution in [0.5, 0.6) is 0 Å². The quantitative estimate of drug-likeness (QED) is 0.830. The van der Waals surface area contributed by atoms with E-state index in [1.54, 1.807) is 0 Å². The topological polar surface area (TPSA) is 58.4 Å². The van der Waals surface area contributed by atoms with Gasteiger partial charge in [0.05, 0.1) is 6.04 Å². The lowest BCUT2D eigenvalue weighted by Gasteiger charge is -2.25. The van der Waals surface area contributed by atoms with Gasteiger partial charge in [0.1, 0.15) is 0 Å². The van der Waals surface area contributed by atoms with Gasteiger partial charge in [-0.1, -0.05) is 31.5 Å². The summed E-state index contributed by atoms with van der Waals surface area (Å²) in [4.78, 5) is 14.1. The van der Waals surface area contributed by atoms with Gasteiger partial charge in [0, 0.05) is 24.8 Å². The molecule has 1 aliphatic heterocycles. The van der Waals surface area contributed by atoms with Crippen molar-refractivity contribution < 1.29 is 4.79 Å². The predicted molar refractivity (Wildman–Crippen MR) is 82.8 cm³/mol. The molecule has 0 fully saturated rings. The third kappa shape index (κ3) is 3.31. The Labute approximate surface area is 121 Å². The van der Waals surface area contributed by atoms with E-state index in [-0.39, 0.29) is 11.9 Å². The zero-order chi connectivity index (χ0) is 14.5. The summed E-state index contributed by atoms with van der Waals surface area (Å²) in [6.07, 6.45) is 2.76. The van der Waals surface area contributed by atoms with Gasteiger partial charge in [-0.25, -0.2) is 0 Å². The van der Waals surface area contributed by atoms with Gasteiger partial charge < -0.3 is 16.0 Å². The van der Waals surface area contributed by atoms with Crippen molar-refractivity contribution >= 4 is 11.6 Å². The highest BCUT2D eigenvalue weighted by molar-refractivity contribution is 5.81. The summed E-state index contributed by atoms with van der Waals surface area (Å²) >= 11 is 0. The minimum atomic E-state index is -0.372. The maximum absolute atomic E-state index is 11.8. The lowest BCUT2D eigenvalue weighted by atomic mass is 10.1. The molecule has 0 aromatic heterocycles. The van der Waals surface area contributed by atoms with E-state index >= 15 is 0 Å². The first-order valence-corrected chi connectivity index (χ1v) is 7.51. The SMILES string of the molecule is CCCC(N)C(=O)NCCN1c2ccccc2CC1C. The van der Waals surface area contributed by atoms with Crippen LogP contribution >= 0.6 is 0 Å². The van der Waals surface area contributed by atoms with Crippen LogP contribution in [-0.4, -0.2) is 31.1 Å². The Balaban J connectivity index is 1.84. The third-order valence-corrected chi connectivity index (χ3v) is 3.94. The number of nitrogens with one attached hydrogen (secondary N) is 1. The minimum Gasteiger partial charge on any atom is -0.367 e. The maximum Gasteiger partial charge on any atom is 0.236 e. The molecule has 4 nitrogen and oxygen atoms in total. The van der Waals surface area contributed by atoms with Crippen LogP contribution in [0.25, 0.3) is 0 Å². The molecule has 110 valence electrons. The van der Waals surface area contributed by atoms with Crippen molar-refractivity contribution in [3.05, 3.63) is 29.8 Å². The van der Waals surface area contributed by atoms with Gasteiger partial charge in [0.2, 0.25) is 5.91 Å². The molecule has 1 aliphatic rings. The summed E-state index contributed by atoms with van der Waals surface area (Å²) < 4.78 is 0. The lowest BCUT2D eigenvalue weighted by Crippen LogP contribution is -2.44. The van der Waals surface area contributed by atoms with Gasteiger partial charge in [-0.15, -0.1) is 0 Å². The fourth-order valence-electron chi connectivity index (χ4n) is 2.84. The smallest absolute Gasteiger partial charge is 0.236 e. The Morgan fingerprint density at radius 3 is 3.00 bits per heavy atom. The van der Waals surface area contributed by atoms with Crippen LogP contribution in [0, 0.1) is 0 Å². The van der Waals surface area contributed by atoms with E-state index in [0.717, 1.165) is 25.8 Å². The zero-order valence-electron chi connectivity index (χ0n) is 12.4. The van der Waals surface area contributed by atoms with E-state index in [4.69, 9.17) is 5.73 Å². The Morgan fingerprint density at radius 2 is 2.25 bits per heavy atom. The number of amides is 1. The van der Waals surface area contributed by atoms with Crippen LogP contribution in [-0.2, 0) is 11.2 Å². The van der Waals surface area contributed by atoms with Crippen molar-refractivity contribution in [2.75, 3.05) is 18.0 Å². The van der Waals surface area contributed by atoms with Crippen molar-refractivity contribution in [2.45, 2.75) is 45.2 Å². The van der Waals surface area contributed by atoms with Gasteiger partial charge in [-0.2, -0.15) is 0 Å². The monoisotopic (exact) mass is 275 g/mol. The Bertz CT molecular complexity index is 461. The third-order valence-electron chi connectivity index (χ3n) is 3.94. The number of carbonyl (C=O) groups is 1. The number of hydrogen-bond donors (Lipinski definition) is 2. The maximum atomic E-state index is 11.8. The van der Waals surface area contributed by atoms with Crippen molar-refractivity contribution in [1.82, 2.24) is 5.32 Å². The molecule has 2 unspecified atom stereocenters. The fraction of sp³-hybridized carbons (Fsp3) is 0.562. The van der Waals surface area contributed by atoms with E-state index in [0.29, 0.717) is 12.6 Å². The molecule has 1 heterocycles. The van der Waals surface area contributed by atoms with Crippen LogP contribution in [0.3, 0.4) is 0 Å². The molecule has 1 amide bonds. The molecule has 1 aromatic carbocycles. The number of rotatable bonds is 6. The molecular weight excluding hydrogens is 250 g/mol. The molecule has 4 heteroatoms. The number of nitrogens with two attached hydrogens (primary N) is 1. The molecule has 0 bridgehead atoms. The van der Waals surface area contributed by atoms with E-state index in [1.165, 1.54) is 11.3 Å².